The number of carbonyl (C=O) groups is 1. The van der Waals surface area contributed by atoms with E-state index in [1.807, 2.05) is 17.0 Å². The predicted molar refractivity (Wildman–Crippen MR) is 126 cm³/mol. The topological polar surface area (TPSA) is 90.0 Å². The molecule has 2 aromatic carbocycles. The summed E-state index contributed by atoms with van der Waals surface area (Å²) in [4.78, 5) is 15.0. The van der Waals surface area contributed by atoms with Crippen molar-refractivity contribution in [2.24, 2.45) is 0 Å². The van der Waals surface area contributed by atoms with Gasteiger partial charge in [-0.1, -0.05) is 23.7 Å². The van der Waals surface area contributed by atoms with Crippen LogP contribution >= 0.6 is 22.9 Å². The van der Waals surface area contributed by atoms with Gasteiger partial charge in [0, 0.05) is 41.6 Å². The number of sulfonamides is 1. The summed E-state index contributed by atoms with van der Waals surface area (Å²) >= 11 is 6.99. The lowest BCUT2D eigenvalue weighted by molar-refractivity contribution is 0.0951. The second kappa shape index (κ2) is 9.50. The van der Waals surface area contributed by atoms with E-state index >= 15 is 0 Å². The molecular weight excluding hydrogens is 470 g/mol. The number of benzene rings is 2. The van der Waals surface area contributed by atoms with Crippen molar-refractivity contribution in [2.45, 2.75) is 10.8 Å². The third-order valence-corrected chi connectivity index (χ3v) is 8.93. The average Bonchev–Trinajstić information content (AvgIpc) is 3.28. The standard InChI is InChI=1S/C22H22ClN3O4S2/c23-17-7-5-16(6-8-17)22(28)24-15-18-9-10-21(31-18)32(29,30)26-13-11-25(12-14-26)19-3-1-2-4-20(19)27/h1-10,27H,11-15H2,(H,24,28). The molecule has 32 heavy (non-hydrogen) atoms. The Morgan fingerprint density at radius 1 is 1.00 bits per heavy atom. The number of piperazine rings is 1. The van der Waals surface area contributed by atoms with Gasteiger partial charge < -0.3 is 15.3 Å². The van der Waals surface area contributed by atoms with E-state index in [0.29, 0.717) is 42.5 Å². The molecule has 0 atom stereocenters. The minimum Gasteiger partial charge on any atom is -0.506 e. The molecule has 0 spiro atoms. The first-order chi connectivity index (χ1) is 15.3. The number of halogens is 1. The van der Waals surface area contributed by atoms with Crippen LogP contribution in [0, 0.1) is 0 Å². The maximum atomic E-state index is 13.1. The predicted octanol–water partition coefficient (Wildman–Crippen LogP) is 3.55. The van der Waals surface area contributed by atoms with Gasteiger partial charge in [0.15, 0.2) is 0 Å². The molecule has 0 aliphatic carbocycles. The lowest BCUT2D eigenvalue weighted by Crippen LogP contribution is -2.48. The first kappa shape index (κ1) is 22.6. The van der Waals surface area contributed by atoms with Crippen LogP contribution < -0.4 is 10.2 Å². The Hall–Kier alpha value is -2.59. The van der Waals surface area contributed by atoms with Gasteiger partial charge in [0.2, 0.25) is 0 Å². The normalized spacial score (nSPS) is 15.0. The Balaban J connectivity index is 1.36. The quantitative estimate of drug-likeness (QED) is 0.550. The van der Waals surface area contributed by atoms with Crippen LogP contribution in [-0.4, -0.2) is 49.9 Å². The molecular formula is C22H22ClN3O4S2. The van der Waals surface area contributed by atoms with E-state index in [-0.39, 0.29) is 22.4 Å². The number of anilines is 1. The number of hydrogen-bond acceptors (Lipinski definition) is 6. The molecule has 7 nitrogen and oxygen atoms in total. The van der Waals surface area contributed by atoms with Gasteiger partial charge in [-0.15, -0.1) is 11.3 Å². The minimum atomic E-state index is -3.62. The number of para-hydroxylation sites is 2. The van der Waals surface area contributed by atoms with Crippen molar-refractivity contribution < 1.29 is 18.3 Å². The molecule has 1 aromatic heterocycles. The van der Waals surface area contributed by atoms with Crippen LogP contribution in [-0.2, 0) is 16.6 Å². The van der Waals surface area contributed by atoms with E-state index in [4.69, 9.17) is 11.6 Å². The smallest absolute Gasteiger partial charge is 0.252 e. The molecule has 3 aromatic rings. The van der Waals surface area contributed by atoms with E-state index in [0.717, 1.165) is 16.2 Å². The van der Waals surface area contributed by atoms with E-state index in [2.05, 4.69) is 5.32 Å². The van der Waals surface area contributed by atoms with E-state index in [1.165, 1.54) is 4.31 Å². The van der Waals surface area contributed by atoms with Gasteiger partial charge in [-0.05, 0) is 48.5 Å². The first-order valence-corrected chi connectivity index (χ1v) is 12.6. The Morgan fingerprint density at radius 2 is 1.69 bits per heavy atom. The number of amides is 1. The fourth-order valence-corrected chi connectivity index (χ4v) is 6.49. The molecule has 0 radical (unpaired) electrons. The van der Waals surface area contributed by atoms with Crippen LogP contribution in [0.15, 0.2) is 64.9 Å². The Morgan fingerprint density at radius 3 is 2.38 bits per heavy atom. The zero-order chi connectivity index (χ0) is 22.7. The molecule has 4 rings (SSSR count). The number of nitrogens with one attached hydrogen (secondary N) is 1. The van der Waals surface area contributed by atoms with E-state index in [1.54, 1.807) is 48.5 Å². The lowest BCUT2D eigenvalue weighted by atomic mass is 10.2. The van der Waals surface area contributed by atoms with Crippen LogP contribution in [0.5, 0.6) is 5.75 Å². The number of carbonyl (C=O) groups excluding carboxylic acids is 1. The number of hydrogen-bond donors (Lipinski definition) is 2. The third-order valence-electron chi connectivity index (χ3n) is 5.22. The Kier molecular flexibility index (Phi) is 6.71. The monoisotopic (exact) mass is 491 g/mol. The first-order valence-electron chi connectivity index (χ1n) is 10.0. The lowest BCUT2D eigenvalue weighted by Gasteiger charge is -2.35. The van der Waals surface area contributed by atoms with Gasteiger partial charge in [0.05, 0.1) is 12.2 Å². The molecule has 2 heterocycles. The maximum Gasteiger partial charge on any atom is 0.252 e. The summed E-state index contributed by atoms with van der Waals surface area (Å²) in [6, 6.07) is 16.9. The number of rotatable bonds is 6. The second-order valence-corrected chi connectivity index (χ2v) is 11.1. The summed E-state index contributed by atoms with van der Waals surface area (Å²) in [7, 11) is -3.62. The van der Waals surface area contributed by atoms with E-state index in [9.17, 15) is 18.3 Å². The molecule has 1 saturated heterocycles. The fraction of sp³-hybridized carbons (Fsp3) is 0.227. The van der Waals surface area contributed by atoms with Crippen LogP contribution in [0.2, 0.25) is 5.02 Å². The average molecular weight is 492 g/mol. The number of phenols is 1. The summed E-state index contributed by atoms with van der Waals surface area (Å²) in [6.45, 7) is 1.88. The third kappa shape index (κ3) is 4.91. The molecule has 1 amide bonds. The van der Waals surface area contributed by atoms with Gasteiger partial charge in [0.1, 0.15) is 9.96 Å². The highest BCUT2D eigenvalue weighted by Gasteiger charge is 2.30. The van der Waals surface area contributed by atoms with Gasteiger partial charge in [0.25, 0.3) is 15.9 Å². The molecule has 1 aliphatic heterocycles. The van der Waals surface area contributed by atoms with Gasteiger partial charge in [-0.3, -0.25) is 4.79 Å². The Bertz CT molecular complexity index is 1200. The fourth-order valence-electron chi connectivity index (χ4n) is 3.49. The summed E-state index contributed by atoms with van der Waals surface area (Å²) in [5.74, 6) is -0.0629. The molecule has 1 fully saturated rings. The van der Waals surface area contributed by atoms with Crippen LogP contribution in [0.4, 0.5) is 5.69 Å². The van der Waals surface area contributed by atoms with Crippen molar-refractivity contribution in [3.8, 4) is 5.75 Å². The van der Waals surface area contributed by atoms with Gasteiger partial charge in [-0.2, -0.15) is 4.31 Å². The molecule has 10 heteroatoms. The van der Waals surface area contributed by atoms with Crippen molar-refractivity contribution in [3.63, 3.8) is 0 Å². The molecule has 2 N–H and O–H groups in total. The highest BCUT2D eigenvalue weighted by molar-refractivity contribution is 7.91. The van der Waals surface area contributed by atoms with Crippen LogP contribution in [0.25, 0.3) is 0 Å². The van der Waals surface area contributed by atoms with Crippen molar-refractivity contribution in [1.29, 1.82) is 0 Å². The highest BCUT2D eigenvalue weighted by atomic mass is 35.5. The van der Waals surface area contributed by atoms with Crippen LogP contribution in [0.3, 0.4) is 0 Å². The van der Waals surface area contributed by atoms with E-state index < -0.39 is 10.0 Å². The summed E-state index contributed by atoms with van der Waals surface area (Å²) < 4.78 is 27.9. The largest absolute Gasteiger partial charge is 0.506 e. The zero-order valence-corrected chi connectivity index (χ0v) is 19.5. The Labute approximate surface area is 195 Å². The van der Waals surface area contributed by atoms with Gasteiger partial charge in [-0.25, -0.2) is 8.42 Å². The molecule has 0 unspecified atom stereocenters. The second-order valence-electron chi connectivity index (χ2n) is 7.29. The summed E-state index contributed by atoms with van der Waals surface area (Å²) in [5, 5.41) is 13.4. The van der Waals surface area contributed by atoms with Crippen molar-refractivity contribution in [3.05, 3.63) is 76.1 Å². The van der Waals surface area contributed by atoms with Crippen molar-refractivity contribution in [1.82, 2.24) is 9.62 Å². The number of thiophene rings is 1. The van der Waals surface area contributed by atoms with Crippen LogP contribution in [0.1, 0.15) is 15.2 Å². The highest BCUT2D eigenvalue weighted by Crippen LogP contribution is 2.30. The van der Waals surface area contributed by atoms with Crippen molar-refractivity contribution >= 4 is 44.6 Å². The molecule has 168 valence electrons. The minimum absolute atomic E-state index is 0.187. The molecule has 0 saturated carbocycles. The number of phenolic OH excluding ortho intramolecular Hbond substituents is 1. The SMILES string of the molecule is O=C(NCc1ccc(S(=O)(=O)N2CCN(c3ccccc3O)CC2)s1)c1ccc(Cl)cc1. The number of nitrogens with zero attached hydrogens (tertiary/aromatic N) is 2. The molecule has 1 aliphatic rings. The summed E-state index contributed by atoms with van der Waals surface area (Å²) in [5.41, 5.74) is 1.19. The molecule has 0 bridgehead atoms. The maximum absolute atomic E-state index is 13.1. The van der Waals surface area contributed by atoms with Crippen molar-refractivity contribution in [2.75, 3.05) is 31.1 Å². The summed E-state index contributed by atoms with van der Waals surface area (Å²) in [6.07, 6.45) is 0. The van der Waals surface area contributed by atoms with Gasteiger partial charge >= 0.3 is 0 Å². The number of aromatic hydroxyl groups is 1. The zero-order valence-electron chi connectivity index (χ0n) is 17.1.